The van der Waals surface area contributed by atoms with Crippen molar-refractivity contribution in [3.05, 3.63) is 17.5 Å². The van der Waals surface area contributed by atoms with Crippen LogP contribution in [0.1, 0.15) is 77.2 Å². The number of nitrogens with one attached hydrogen (secondary N) is 2. The van der Waals surface area contributed by atoms with E-state index in [0.29, 0.717) is 12.5 Å². The van der Waals surface area contributed by atoms with Crippen molar-refractivity contribution in [2.24, 2.45) is 4.99 Å². The molecule has 0 fully saturated rings. The van der Waals surface area contributed by atoms with Gasteiger partial charge in [0.1, 0.15) is 6.54 Å². The van der Waals surface area contributed by atoms with Crippen LogP contribution < -0.4 is 10.6 Å². The molecule has 1 heterocycles. The number of aromatic nitrogens is 1. The highest BCUT2D eigenvalue weighted by atomic mass is 16.5. The fraction of sp³-hybridized carbons (Fsp3) is 0.789. The number of hydrogen-bond donors (Lipinski definition) is 2. The van der Waals surface area contributed by atoms with E-state index in [9.17, 15) is 0 Å². The van der Waals surface area contributed by atoms with Crippen molar-refractivity contribution in [2.45, 2.75) is 72.3 Å². The smallest absolute Gasteiger partial charge is 0.191 e. The molecule has 6 heteroatoms. The van der Waals surface area contributed by atoms with Gasteiger partial charge in [-0.15, -0.1) is 0 Å². The quantitative estimate of drug-likeness (QED) is 0.321. The van der Waals surface area contributed by atoms with Crippen LogP contribution in [0.15, 0.2) is 15.6 Å². The zero-order chi connectivity index (χ0) is 18.3. The van der Waals surface area contributed by atoms with Crippen LogP contribution in [-0.4, -0.2) is 37.4 Å². The van der Waals surface area contributed by atoms with Gasteiger partial charge in [-0.2, -0.15) is 0 Å². The number of unbranched alkanes of at least 4 members (excludes halogenated alkanes) is 1. The largest absolute Gasteiger partial charge is 0.381 e. The third-order valence-electron chi connectivity index (χ3n) is 4.12. The molecule has 0 aromatic carbocycles. The van der Waals surface area contributed by atoms with E-state index in [1.807, 2.05) is 6.07 Å². The molecule has 25 heavy (non-hydrogen) atoms. The molecule has 0 unspecified atom stereocenters. The maximum absolute atomic E-state index is 5.57. The predicted molar refractivity (Wildman–Crippen MR) is 103 cm³/mol. The summed E-state index contributed by atoms with van der Waals surface area (Å²) in [5, 5.41) is 10.8. The zero-order valence-electron chi connectivity index (χ0n) is 16.4. The van der Waals surface area contributed by atoms with E-state index < -0.39 is 0 Å². The van der Waals surface area contributed by atoms with Crippen LogP contribution in [0.25, 0.3) is 0 Å². The van der Waals surface area contributed by atoms with Gasteiger partial charge in [-0.1, -0.05) is 32.3 Å². The fourth-order valence-corrected chi connectivity index (χ4v) is 2.53. The van der Waals surface area contributed by atoms with Crippen molar-refractivity contribution >= 4 is 5.96 Å². The molecule has 0 amide bonds. The molecule has 2 N–H and O–H groups in total. The van der Waals surface area contributed by atoms with Gasteiger partial charge in [-0.25, -0.2) is 4.99 Å². The lowest BCUT2D eigenvalue weighted by Gasteiger charge is -2.11. The highest BCUT2D eigenvalue weighted by molar-refractivity contribution is 5.79. The van der Waals surface area contributed by atoms with Gasteiger partial charge in [0.05, 0.1) is 5.69 Å². The van der Waals surface area contributed by atoms with Crippen LogP contribution in [-0.2, 0) is 11.3 Å². The second-order valence-corrected chi connectivity index (χ2v) is 6.17. The highest BCUT2D eigenvalue weighted by Gasteiger charge is 2.12. The summed E-state index contributed by atoms with van der Waals surface area (Å²) in [7, 11) is 0. The lowest BCUT2D eigenvalue weighted by Crippen LogP contribution is -2.38. The van der Waals surface area contributed by atoms with Crippen LogP contribution in [0.2, 0.25) is 0 Å². The Morgan fingerprint density at radius 1 is 1.16 bits per heavy atom. The van der Waals surface area contributed by atoms with Gasteiger partial charge in [0.2, 0.25) is 0 Å². The molecule has 1 aromatic heterocycles. The minimum absolute atomic E-state index is 0.473. The van der Waals surface area contributed by atoms with E-state index in [0.717, 1.165) is 69.4 Å². The van der Waals surface area contributed by atoms with Crippen LogP contribution in [0.5, 0.6) is 0 Å². The van der Waals surface area contributed by atoms with Gasteiger partial charge in [-0.3, -0.25) is 0 Å². The molecule has 0 aliphatic rings. The third-order valence-corrected chi connectivity index (χ3v) is 4.12. The summed E-state index contributed by atoms with van der Waals surface area (Å²) >= 11 is 0. The minimum atomic E-state index is 0.473. The Morgan fingerprint density at radius 3 is 2.60 bits per heavy atom. The Kier molecular flexibility index (Phi) is 11.8. The van der Waals surface area contributed by atoms with E-state index in [4.69, 9.17) is 9.26 Å². The van der Waals surface area contributed by atoms with E-state index in [1.165, 1.54) is 6.42 Å². The first kappa shape index (κ1) is 21.5. The normalized spacial score (nSPS) is 12.0. The van der Waals surface area contributed by atoms with Gasteiger partial charge in [-0.05, 0) is 32.6 Å². The Labute approximate surface area is 152 Å². The average molecular weight is 353 g/mol. The molecule has 6 nitrogen and oxygen atoms in total. The number of nitrogens with zero attached hydrogens (tertiary/aromatic N) is 2. The monoisotopic (exact) mass is 352 g/mol. The summed E-state index contributed by atoms with van der Waals surface area (Å²) in [4.78, 5) is 4.58. The summed E-state index contributed by atoms with van der Waals surface area (Å²) < 4.78 is 11.0. The number of hydrogen-bond acceptors (Lipinski definition) is 4. The first-order valence-electron chi connectivity index (χ1n) is 9.80. The molecular weight excluding hydrogens is 316 g/mol. The van der Waals surface area contributed by atoms with E-state index >= 15 is 0 Å². The van der Waals surface area contributed by atoms with Crippen molar-refractivity contribution in [2.75, 3.05) is 26.3 Å². The van der Waals surface area contributed by atoms with Gasteiger partial charge in [0.25, 0.3) is 0 Å². The number of ether oxygens (including phenoxy) is 1. The van der Waals surface area contributed by atoms with Crippen molar-refractivity contribution < 1.29 is 9.26 Å². The molecule has 0 spiro atoms. The highest BCUT2D eigenvalue weighted by Crippen LogP contribution is 2.22. The number of rotatable bonds is 13. The van der Waals surface area contributed by atoms with Crippen LogP contribution in [0.3, 0.4) is 0 Å². The predicted octanol–water partition coefficient (Wildman–Crippen LogP) is 3.84. The van der Waals surface area contributed by atoms with E-state index in [1.54, 1.807) is 0 Å². The molecule has 1 rings (SSSR count). The summed E-state index contributed by atoms with van der Waals surface area (Å²) in [6.45, 7) is 12.4. The van der Waals surface area contributed by atoms with Crippen LogP contribution in [0.4, 0.5) is 0 Å². The third kappa shape index (κ3) is 8.91. The molecule has 144 valence electrons. The molecule has 0 saturated heterocycles. The Balaban J connectivity index is 2.39. The topological polar surface area (TPSA) is 71.7 Å². The summed E-state index contributed by atoms with van der Waals surface area (Å²) in [6.07, 6.45) is 5.44. The van der Waals surface area contributed by atoms with Crippen LogP contribution in [0, 0.1) is 0 Å². The first-order valence-corrected chi connectivity index (χ1v) is 9.80. The van der Waals surface area contributed by atoms with Crippen molar-refractivity contribution in [1.29, 1.82) is 0 Å². The Morgan fingerprint density at radius 2 is 1.92 bits per heavy atom. The minimum Gasteiger partial charge on any atom is -0.381 e. The second kappa shape index (κ2) is 13.7. The molecule has 0 aliphatic carbocycles. The van der Waals surface area contributed by atoms with Crippen molar-refractivity contribution in [1.82, 2.24) is 15.8 Å². The van der Waals surface area contributed by atoms with E-state index in [2.05, 4.69) is 48.5 Å². The maximum Gasteiger partial charge on any atom is 0.191 e. The first-order chi connectivity index (χ1) is 12.2. The zero-order valence-corrected chi connectivity index (χ0v) is 16.4. The average Bonchev–Trinajstić information content (AvgIpc) is 3.08. The molecule has 0 bridgehead atoms. The number of aliphatic imine (C=N–C) groups is 1. The molecule has 0 radical (unpaired) electrons. The molecule has 0 atom stereocenters. The van der Waals surface area contributed by atoms with Crippen molar-refractivity contribution in [3.63, 3.8) is 0 Å². The van der Waals surface area contributed by atoms with Crippen molar-refractivity contribution in [3.8, 4) is 0 Å². The second-order valence-electron chi connectivity index (χ2n) is 6.17. The number of guanidine groups is 1. The van der Waals surface area contributed by atoms with Crippen LogP contribution >= 0.6 is 0 Å². The van der Waals surface area contributed by atoms with Gasteiger partial charge in [0, 0.05) is 38.3 Å². The van der Waals surface area contributed by atoms with Gasteiger partial charge in [0.15, 0.2) is 11.7 Å². The Hall–Kier alpha value is -1.56. The molecule has 0 aliphatic heterocycles. The standard InChI is InChI=1S/C19H36N4O2/c1-5-9-12-24-13-10-11-21-19(20-8-4)22-15-17-14-18(23-25-17)16(6-2)7-3/h14,16H,5-13,15H2,1-4H3,(H2,20,21,22). The SMILES string of the molecule is CCCCOCCCNC(=NCc1cc(C(CC)CC)no1)NCC. The molecule has 1 aromatic rings. The fourth-order valence-electron chi connectivity index (χ4n) is 2.53. The van der Waals surface area contributed by atoms with Gasteiger partial charge < -0.3 is 19.9 Å². The summed E-state index contributed by atoms with van der Waals surface area (Å²) in [6, 6.07) is 2.03. The molecular formula is C19H36N4O2. The molecule has 0 saturated carbocycles. The van der Waals surface area contributed by atoms with Gasteiger partial charge >= 0.3 is 0 Å². The maximum atomic E-state index is 5.57. The van der Waals surface area contributed by atoms with E-state index in [-0.39, 0.29) is 0 Å². The lowest BCUT2D eigenvalue weighted by atomic mass is 9.99. The summed E-state index contributed by atoms with van der Waals surface area (Å²) in [5.41, 5.74) is 1.04. The lowest BCUT2D eigenvalue weighted by molar-refractivity contribution is 0.129. The Bertz CT molecular complexity index is 470. The summed E-state index contributed by atoms with van der Waals surface area (Å²) in [5.74, 6) is 2.08.